The van der Waals surface area contributed by atoms with Crippen molar-refractivity contribution in [3.05, 3.63) is 11.8 Å². The van der Waals surface area contributed by atoms with Gasteiger partial charge in [-0.15, -0.1) is 0 Å². The molecule has 1 saturated heterocycles. The van der Waals surface area contributed by atoms with Crippen LogP contribution in [0.2, 0.25) is 0 Å². The quantitative estimate of drug-likeness (QED) is 0.724. The smallest absolute Gasteiger partial charge is 0.342 e. The van der Waals surface area contributed by atoms with Crippen molar-refractivity contribution in [1.82, 2.24) is 14.5 Å². The summed E-state index contributed by atoms with van der Waals surface area (Å²) in [6.07, 6.45) is 2.40. The number of hydrogen-bond acceptors (Lipinski definition) is 6. The maximum absolute atomic E-state index is 12.5. The van der Waals surface area contributed by atoms with E-state index in [0.29, 0.717) is 19.4 Å². The fourth-order valence-electron chi connectivity index (χ4n) is 2.25. The molecule has 0 amide bonds. The first-order valence-corrected chi connectivity index (χ1v) is 7.79. The topological polar surface area (TPSA) is 113 Å². The molecule has 8 nitrogen and oxygen atoms in total. The number of nitrogens with one attached hydrogen (secondary N) is 1. The summed E-state index contributed by atoms with van der Waals surface area (Å²) in [7, 11) is -3.90. The second kappa shape index (κ2) is 5.90. The second-order valence-corrected chi connectivity index (χ2v) is 6.26. The zero-order valence-corrected chi connectivity index (χ0v) is 11.9. The number of carbonyl (C=O) groups is 1. The van der Waals surface area contributed by atoms with Crippen LogP contribution in [0.3, 0.4) is 0 Å². The van der Waals surface area contributed by atoms with Crippen LogP contribution in [-0.4, -0.2) is 59.8 Å². The minimum absolute atomic E-state index is 0.115. The predicted molar refractivity (Wildman–Crippen MR) is 68.5 cm³/mol. The number of nitrogens with zero attached hydrogens (tertiary/aromatic N) is 2. The molecule has 0 bridgehead atoms. The number of aromatic amines is 1. The van der Waals surface area contributed by atoms with Gasteiger partial charge in [0, 0.05) is 12.6 Å². The van der Waals surface area contributed by atoms with Gasteiger partial charge in [0.05, 0.1) is 19.4 Å². The van der Waals surface area contributed by atoms with Crippen molar-refractivity contribution in [3.63, 3.8) is 0 Å². The van der Waals surface area contributed by atoms with Gasteiger partial charge in [-0.2, -0.15) is 9.40 Å². The molecule has 1 aliphatic rings. The molecule has 0 radical (unpaired) electrons. The Kier molecular flexibility index (Phi) is 4.41. The Morgan fingerprint density at radius 2 is 2.40 bits per heavy atom. The summed E-state index contributed by atoms with van der Waals surface area (Å²) in [4.78, 5) is 11.7. The average Bonchev–Trinajstić information content (AvgIpc) is 3.08. The van der Waals surface area contributed by atoms with E-state index in [4.69, 9.17) is 4.74 Å². The summed E-state index contributed by atoms with van der Waals surface area (Å²) in [5.74, 6) is -0.737. The van der Waals surface area contributed by atoms with E-state index < -0.39 is 22.0 Å². The highest BCUT2D eigenvalue weighted by atomic mass is 32.2. The van der Waals surface area contributed by atoms with Crippen LogP contribution in [0.5, 0.6) is 0 Å². The Morgan fingerprint density at radius 3 is 3.05 bits per heavy atom. The van der Waals surface area contributed by atoms with Gasteiger partial charge >= 0.3 is 5.97 Å². The van der Waals surface area contributed by atoms with Crippen LogP contribution >= 0.6 is 0 Å². The highest BCUT2D eigenvalue weighted by molar-refractivity contribution is 7.89. The Hall–Kier alpha value is -1.45. The van der Waals surface area contributed by atoms with E-state index in [1.807, 2.05) is 0 Å². The summed E-state index contributed by atoms with van der Waals surface area (Å²) in [6.45, 7) is 1.85. The molecule has 0 saturated carbocycles. The molecule has 20 heavy (non-hydrogen) atoms. The fraction of sp³-hybridized carbons (Fsp3) is 0.636. The van der Waals surface area contributed by atoms with Gasteiger partial charge in [0.1, 0.15) is 5.56 Å². The van der Waals surface area contributed by atoms with Crippen LogP contribution in [0, 0.1) is 0 Å². The first-order chi connectivity index (χ1) is 9.52. The van der Waals surface area contributed by atoms with Crippen LogP contribution in [0.25, 0.3) is 0 Å². The van der Waals surface area contributed by atoms with Crippen LogP contribution < -0.4 is 0 Å². The lowest BCUT2D eigenvalue weighted by Gasteiger charge is -2.21. The SMILES string of the molecule is CCOC(=O)c1cn[nH]c1S(=O)(=O)N1CCCC1CO. The molecule has 1 atom stereocenters. The van der Waals surface area contributed by atoms with E-state index in [1.54, 1.807) is 6.92 Å². The molecule has 0 aliphatic carbocycles. The molecule has 1 aromatic rings. The van der Waals surface area contributed by atoms with E-state index in [0.717, 1.165) is 6.20 Å². The zero-order chi connectivity index (χ0) is 14.8. The number of rotatable bonds is 5. The minimum Gasteiger partial charge on any atom is -0.462 e. The van der Waals surface area contributed by atoms with Crippen LogP contribution in [-0.2, 0) is 14.8 Å². The van der Waals surface area contributed by atoms with Crippen molar-refractivity contribution in [2.45, 2.75) is 30.8 Å². The van der Waals surface area contributed by atoms with Gasteiger partial charge in [0.15, 0.2) is 5.03 Å². The number of aliphatic hydroxyl groups excluding tert-OH is 1. The predicted octanol–water partition coefficient (Wildman–Crippen LogP) is -0.268. The normalized spacial score (nSPS) is 20.2. The highest BCUT2D eigenvalue weighted by Crippen LogP contribution is 2.26. The van der Waals surface area contributed by atoms with E-state index in [2.05, 4.69) is 10.2 Å². The fourth-order valence-corrected chi connectivity index (χ4v) is 4.00. The van der Waals surface area contributed by atoms with Crippen molar-refractivity contribution in [2.75, 3.05) is 19.8 Å². The van der Waals surface area contributed by atoms with E-state index in [9.17, 15) is 18.3 Å². The third kappa shape index (κ3) is 2.56. The molecule has 0 aromatic carbocycles. The van der Waals surface area contributed by atoms with Crippen LogP contribution in [0.4, 0.5) is 0 Å². The number of aromatic nitrogens is 2. The largest absolute Gasteiger partial charge is 0.462 e. The Labute approximate surface area is 116 Å². The molecule has 2 rings (SSSR count). The Bertz CT molecular complexity index is 583. The lowest BCUT2D eigenvalue weighted by Crippen LogP contribution is -2.38. The molecular formula is C11H17N3O5S. The van der Waals surface area contributed by atoms with Gasteiger partial charge in [-0.1, -0.05) is 0 Å². The first kappa shape index (κ1) is 14.9. The molecule has 2 N–H and O–H groups in total. The Balaban J connectivity index is 2.35. The molecule has 1 aliphatic heterocycles. The lowest BCUT2D eigenvalue weighted by atomic mass is 10.2. The van der Waals surface area contributed by atoms with Gasteiger partial charge in [-0.25, -0.2) is 13.2 Å². The standard InChI is InChI=1S/C11H17N3O5S/c1-2-19-11(16)9-6-12-13-10(9)20(17,18)14-5-3-4-8(14)7-15/h6,8,15H,2-5,7H2,1H3,(H,12,13). The van der Waals surface area contributed by atoms with Crippen molar-refractivity contribution in [2.24, 2.45) is 0 Å². The molecule has 9 heteroatoms. The maximum atomic E-state index is 12.5. The molecule has 1 fully saturated rings. The summed E-state index contributed by atoms with van der Waals surface area (Å²) in [5, 5.41) is 14.9. The number of carbonyl (C=O) groups excluding carboxylic acids is 1. The molecule has 0 spiro atoms. The van der Waals surface area contributed by atoms with Gasteiger partial charge in [0.25, 0.3) is 10.0 Å². The van der Waals surface area contributed by atoms with E-state index in [1.165, 1.54) is 4.31 Å². The van der Waals surface area contributed by atoms with Crippen LogP contribution in [0.1, 0.15) is 30.1 Å². The third-order valence-electron chi connectivity index (χ3n) is 3.20. The number of ether oxygens (including phenoxy) is 1. The Morgan fingerprint density at radius 1 is 1.65 bits per heavy atom. The number of esters is 1. The highest BCUT2D eigenvalue weighted by Gasteiger charge is 2.38. The van der Waals surface area contributed by atoms with Crippen molar-refractivity contribution in [3.8, 4) is 0 Å². The monoisotopic (exact) mass is 303 g/mol. The number of hydrogen-bond donors (Lipinski definition) is 2. The number of H-pyrrole nitrogens is 1. The lowest BCUT2D eigenvalue weighted by molar-refractivity contribution is 0.0521. The second-order valence-electron chi connectivity index (χ2n) is 4.43. The molecule has 1 aromatic heterocycles. The van der Waals surface area contributed by atoms with Gasteiger partial charge in [-0.05, 0) is 19.8 Å². The molecule has 2 heterocycles. The van der Waals surface area contributed by atoms with Gasteiger partial charge < -0.3 is 9.84 Å². The third-order valence-corrected chi connectivity index (χ3v) is 5.13. The molecule has 1 unspecified atom stereocenters. The summed E-state index contributed by atoms with van der Waals surface area (Å²) < 4.78 is 31.1. The van der Waals surface area contributed by atoms with Crippen LogP contribution in [0.15, 0.2) is 11.2 Å². The zero-order valence-electron chi connectivity index (χ0n) is 11.1. The van der Waals surface area contributed by atoms with Gasteiger partial charge in [-0.3, -0.25) is 5.10 Å². The van der Waals surface area contributed by atoms with E-state index in [-0.39, 0.29) is 23.8 Å². The summed E-state index contributed by atoms with van der Waals surface area (Å²) in [6, 6.07) is -0.460. The number of sulfonamides is 1. The summed E-state index contributed by atoms with van der Waals surface area (Å²) >= 11 is 0. The maximum Gasteiger partial charge on any atom is 0.342 e. The molecule has 112 valence electrons. The van der Waals surface area contributed by atoms with Crippen molar-refractivity contribution >= 4 is 16.0 Å². The van der Waals surface area contributed by atoms with E-state index >= 15 is 0 Å². The summed E-state index contributed by atoms with van der Waals surface area (Å²) in [5.41, 5.74) is -0.115. The minimum atomic E-state index is -3.90. The number of aliphatic hydroxyl groups is 1. The van der Waals surface area contributed by atoms with Gasteiger partial charge in [0.2, 0.25) is 0 Å². The molecular weight excluding hydrogens is 286 g/mol. The van der Waals surface area contributed by atoms with Crippen molar-refractivity contribution < 1.29 is 23.1 Å². The van der Waals surface area contributed by atoms with Crippen molar-refractivity contribution in [1.29, 1.82) is 0 Å². The average molecular weight is 303 g/mol. The first-order valence-electron chi connectivity index (χ1n) is 6.35.